The molecule has 0 aliphatic carbocycles. The van der Waals surface area contributed by atoms with Gasteiger partial charge in [0.15, 0.2) is 0 Å². The van der Waals surface area contributed by atoms with Crippen LogP contribution in [0.4, 0.5) is 26.3 Å². The Morgan fingerprint density at radius 1 is 1.00 bits per heavy atom. The molecule has 4 nitrogen and oxygen atoms in total. The number of phosphoric acid groups is 1. The van der Waals surface area contributed by atoms with Crippen LogP contribution < -0.4 is 9.79 Å². The smallest absolute Gasteiger partial charge is 0.389 e. The molecule has 0 N–H and O–H groups in total. The molecule has 0 rings (SSSR count). The predicted octanol–water partition coefficient (Wildman–Crippen LogP) is 1.35. The summed E-state index contributed by atoms with van der Waals surface area (Å²) in [6, 6.07) is 0. The maximum absolute atomic E-state index is 11.9. The second-order valence-electron chi connectivity index (χ2n) is 3.25. The van der Waals surface area contributed by atoms with E-state index in [2.05, 4.69) is 4.52 Å². The number of halogens is 6. The highest BCUT2D eigenvalue weighted by molar-refractivity contribution is 7.43. The monoisotopic (exact) mass is 288 g/mol. The van der Waals surface area contributed by atoms with Crippen LogP contribution in [0.1, 0.15) is 12.8 Å². The number of alkyl halides is 6. The Kier molecular flexibility index (Phi) is 5.45. The van der Waals surface area contributed by atoms with E-state index in [-0.39, 0.29) is 0 Å². The summed E-state index contributed by atoms with van der Waals surface area (Å²) in [6.45, 7) is -1.44. The second kappa shape index (κ2) is 5.55. The maximum Gasteiger partial charge on any atom is 0.389 e. The molecule has 0 saturated heterocycles. The fourth-order valence-electron chi connectivity index (χ4n) is 1.04. The second-order valence-corrected chi connectivity index (χ2v) is 4.40. The van der Waals surface area contributed by atoms with Crippen LogP contribution in [-0.2, 0) is 9.09 Å². The standard InChI is InChI=1S/C6H9F6O4P/c7-5(8,9)1-4(2-6(10,11)12)3-16-17(13,14)15/h4H,1-3H2,(H2,13,14,15)/p-2. The Hall–Kier alpha value is -0.310. The van der Waals surface area contributed by atoms with Crippen molar-refractivity contribution in [2.75, 3.05) is 6.61 Å². The summed E-state index contributed by atoms with van der Waals surface area (Å²) in [5.74, 6) is -2.16. The molecule has 104 valence electrons. The highest BCUT2D eigenvalue weighted by atomic mass is 31.2. The van der Waals surface area contributed by atoms with Crippen molar-refractivity contribution in [1.82, 2.24) is 0 Å². The summed E-state index contributed by atoms with van der Waals surface area (Å²) in [6.07, 6.45) is -13.6. The molecule has 0 aromatic heterocycles. The van der Waals surface area contributed by atoms with Crippen molar-refractivity contribution in [3.05, 3.63) is 0 Å². The lowest BCUT2D eigenvalue weighted by molar-refractivity contribution is -0.343. The molecular weight excluding hydrogens is 281 g/mol. The lowest BCUT2D eigenvalue weighted by atomic mass is 10.0. The molecule has 0 aromatic carbocycles. The van der Waals surface area contributed by atoms with E-state index in [1.807, 2.05) is 0 Å². The molecule has 11 heteroatoms. The van der Waals surface area contributed by atoms with Crippen LogP contribution in [0.2, 0.25) is 0 Å². The third-order valence-corrected chi connectivity index (χ3v) is 1.97. The summed E-state index contributed by atoms with van der Waals surface area (Å²) >= 11 is 0. The van der Waals surface area contributed by atoms with Gasteiger partial charge in [0.2, 0.25) is 0 Å². The molecule has 0 radical (unpaired) electrons. The van der Waals surface area contributed by atoms with Gasteiger partial charge in [-0.25, -0.2) is 0 Å². The zero-order valence-corrected chi connectivity index (χ0v) is 8.94. The Bertz CT molecular complexity index is 265. The van der Waals surface area contributed by atoms with Gasteiger partial charge in [0, 0.05) is 12.8 Å². The Balaban J connectivity index is 4.47. The minimum Gasteiger partial charge on any atom is -0.790 e. The normalized spacial score (nSPS) is 14.4. The maximum atomic E-state index is 11.9. The molecule has 0 unspecified atom stereocenters. The third kappa shape index (κ3) is 11.9. The molecule has 17 heavy (non-hydrogen) atoms. The zero-order chi connectivity index (χ0) is 13.9. The van der Waals surface area contributed by atoms with Crippen molar-refractivity contribution >= 4 is 7.82 Å². The van der Waals surface area contributed by atoms with Gasteiger partial charge in [-0.05, 0) is 5.92 Å². The summed E-state index contributed by atoms with van der Waals surface area (Å²) in [5, 5.41) is 0. The van der Waals surface area contributed by atoms with E-state index in [1.165, 1.54) is 0 Å². The Morgan fingerprint density at radius 3 is 1.59 bits per heavy atom. The molecular formula is C6H7F6O4P-2. The lowest BCUT2D eigenvalue weighted by Gasteiger charge is -2.31. The summed E-state index contributed by atoms with van der Waals surface area (Å²) < 4.78 is 84.5. The highest BCUT2D eigenvalue weighted by Crippen LogP contribution is 2.35. The van der Waals surface area contributed by atoms with Gasteiger partial charge in [-0.2, -0.15) is 26.3 Å². The van der Waals surface area contributed by atoms with Gasteiger partial charge >= 0.3 is 12.4 Å². The van der Waals surface area contributed by atoms with Gasteiger partial charge in [0.25, 0.3) is 0 Å². The molecule has 0 aliphatic rings. The molecule has 0 fully saturated rings. The first kappa shape index (κ1) is 16.7. The molecule has 0 amide bonds. The van der Waals surface area contributed by atoms with Crippen LogP contribution >= 0.6 is 7.82 Å². The minimum atomic E-state index is -5.59. The van der Waals surface area contributed by atoms with Gasteiger partial charge in [0.05, 0.1) is 14.4 Å². The molecule has 0 saturated carbocycles. The van der Waals surface area contributed by atoms with Gasteiger partial charge < -0.3 is 18.9 Å². The minimum absolute atomic E-state index is 1.44. The lowest BCUT2D eigenvalue weighted by Crippen LogP contribution is -2.27. The SMILES string of the molecule is O=P([O-])([O-])OCC(CC(F)(F)F)CC(F)(F)F. The van der Waals surface area contributed by atoms with Crippen molar-refractivity contribution in [2.24, 2.45) is 5.92 Å². The van der Waals surface area contributed by atoms with Crippen LogP contribution in [0.15, 0.2) is 0 Å². The zero-order valence-electron chi connectivity index (χ0n) is 8.05. The topological polar surface area (TPSA) is 72.4 Å². The van der Waals surface area contributed by atoms with E-state index < -0.39 is 45.5 Å². The summed E-state index contributed by atoms with van der Waals surface area (Å²) in [7, 11) is -5.59. The highest BCUT2D eigenvalue weighted by Gasteiger charge is 2.38. The van der Waals surface area contributed by atoms with Crippen molar-refractivity contribution in [3.63, 3.8) is 0 Å². The van der Waals surface area contributed by atoms with E-state index in [0.717, 1.165) is 0 Å². The molecule has 0 aliphatic heterocycles. The summed E-state index contributed by atoms with van der Waals surface area (Å²) in [5.41, 5.74) is 0. The first-order valence-corrected chi connectivity index (χ1v) is 5.55. The molecule has 0 atom stereocenters. The van der Waals surface area contributed by atoms with Gasteiger partial charge in [-0.1, -0.05) is 0 Å². The number of rotatable bonds is 5. The van der Waals surface area contributed by atoms with Crippen LogP contribution in [0.5, 0.6) is 0 Å². The van der Waals surface area contributed by atoms with Crippen LogP contribution in [0.3, 0.4) is 0 Å². The number of hydrogen-bond donors (Lipinski definition) is 0. The van der Waals surface area contributed by atoms with E-state index in [4.69, 9.17) is 0 Å². The number of hydrogen-bond acceptors (Lipinski definition) is 4. The van der Waals surface area contributed by atoms with E-state index in [1.54, 1.807) is 0 Å². The van der Waals surface area contributed by atoms with Gasteiger partial charge in [-0.15, -0.1) is 0 Å². The molecule has 0 aromatic rings. The van der Waals surface area contributed by atoms with Crippen molar-refractivity contribution in [3.8, 4) is 0 Å². The van der Waals surface area contributed by atoms with Crippen LogP contribution in [-0.4, -0.2) is 19.0 Å². The van der Waals surface area contributed by atoms with Crippen LogP contribution in [0.25, 0.3) is 0 Å². The largest absolute Gasteiger partial charge is 0.790 e. The molecule has 0 heterocycles. The first-order valence-electron chi connectivity index (χ1n) is 4.08. The Labute approximate surface area is 91.8 Å². The molecule has 0 spiro atoms. The molecule has 0 bridgehead atoms. The first-order chi connectivity index (χ1) is 7.29. The average molecular weight is 288 g/mol. The predicted molar refractivity (Wildman–Crippen MR) is 38.4 cm³/mol. The quantitative estimate of drug-likeness (QED) is 0.565. The van der Waals surface area contributed by atoms with Gasteiger partial charge in [0.1, 0.15) is 0 Å². The van der Waals surface area contributed by atoms with E-state index in [0.29, 0.717) is 0 Å². The van der Waals surface area contributed by atoms with Crippen molar-refractivity contribution in [1.29, 1.82) is 0 Å². The Morgan fingerprint density at radius 2 is 1.35 bits per heavy atom. The fourth-order valence-corrected chi connectivity index (χ4v) is 1.43. The fraction of sp³-hybridized carbons (Fsp3) is 1.00. The van der Waals surface area contributed by atoms with Gasteiger partial charge in [-0.3, -0.25) is 0 Å². The van der Waals surface area contributed by atoms with E-state index >= 15 is 0 Å². The number of phosphoric ester groups is 1. The van der Waals surface area contributed by atoms with E-state index in [9.17, 15) is 40.7 Å². The van der Waals surface area contributed by atoms with Crippen LogP contribution in [0, 0.1) is 5.92 Å². The van der Waals surface area contributed by atoms with Crippen molar-refractivity contribution < 1.29 is 45.2 Å². The third-order valence-electron chi connectivity index (χ3n) is 1.51. The van der Waals surface area contributed by atoms with Crippen molar-refractivity contribution in [2.45, 2.75) is 25.2 Å². The summed E-state index contributed by atoms with van der Waals surface area (Å²) in [4.78, 5) is 19.9. The average Bonchev–Trinajstić information content (AvgIpc) is 1.92.